The monoisotopic (exact) mass is 553 g/mol. The second-order valence-corrected chi connectivity index (χ2v) is 8.17. The molecule has 176 valence electrons. The minimum absolute atomic E-state index is 0. The van der Waals surface area contributed by atoms with E-state index in [4.69, 9.17) is 14.2 Å². The molecule has 1 heterocycles. The van der Waals surface area contributed by atoms with Gasteiger partial charge in [0.25, 0.3) is 0 Å². The van der Waals surface area contributed by atoms with Crippen molar-refractivity contribution in [3.8, 4) is 5.75 Å². The summed E-state index contributed by atoms with van der Waals surface area (Å²) in [5, 5.41) is 6.77. The van der Waals surface area contributed by atoms with E-state index in [0.29, 0.717) is 26.3 Å². The number of halogens is 1. The molecule has 0 spiro atoms. The van der Waals surface area contributed by atoms with Crippen molar-refractivity contribution in [2.75, 3.05) is 20.3 Å². The highest BCUT2D eigenvalue weighted by atomic mass is 127. The molecule has 0 aromatic heterocycles. The number of guanidine groups is 1. The molecule has 32 heavy (non-hydrogen) atoms. The van der Waals surface area contributed by atoms with Crippen LogP contribution in [0.3, 0.4) is 0 Å². The molecule has 0 amide bonds. The van der Waals surface area contributed by atoms with Crippen LogP contribution in [0.15, 0.2) is 47.5 Å². The van der Waals surface area contributed by atoms with Gasteiger partial charge in [0.05, 0.1) is 25.9 Å². The average molecular weight is 553 g/mol. The smallest absolute Gasteiger partial charge is 0.191 e. The normalized spacial score (nSPS) is 16.0. The predicted octanol–water partition coefficient (Wildman–Crippen LogP) is 4.57. The Balaban J connectivity index is 0.00000363. The van der Waals surface area contributed by atoms with Crippen LogP contribution in [0.2, 0.25) is 0 Å². The molecule has 6 nitrogen and oxygen atoms in total. The van der Waals surface area contributed by atoms with Crippen LogP contribution in [0, 0.1) is 6.92 Å². The van der Waals surface area contributed by atoms with Gasteiger partial charge in [-0.25, -0.2) is 0 Å². The molecule has 1 aliphatic heterocycles. The van der Waals surface area contributed by atoms with Crippen LogP contribution in [0.5, 0.6) is 5.75 Å². The van der Waals surface area contributed by atoms with Crippen LogP contribution in [0.4, 0.5) is 0 Å². The van der Waals surface area contributed by atoms with E-state index in [1.54, 1.807) is 7.05 Å². The topological polar surface area (TPSA) is 64.1 Å². The number of nitrogens with zero attached hydrogens (tertiary/aromatic N) is 1. The van der Waals surface area contributed by atoms with Crippen molar-refractivity contribution in [3.05, 3.63) is 64.7 Å². The SMILES string of the molecule is CN=C(NCc1ccc(COC(C)C)cc1)NCc1ccc(C)cc1OC1CCOC1.I. The third kappa shape index (κ3) is 8.60. The van der Waals surface area contributed by atoms with E-state index in [1.807, 2.05) is 13.8 Å². The van der Waals surface area contributed by atoms with Crippen LogP contribution >= 0.6 is 24.0 Å². The molecule has 0 aliphatic carbocycles. The Kier molecular flexibility index (Phi) is 11.3. The number of hydrogen-bond donors (Lipinski definition) is 2. The lowest BCUT2D eigenvalue weighted by Gasteiger charge is -2.18. The zero-order valence-corrected chi connectivity index (χ0v) is 21.8. The number of hydrogen-bond acceptors (Lipinski definition) is 4. The van der Waals surface area contributed by atoms with Gasteiger partial charge in [-0.05, 0) is 43.5 Å². The van der Waals surface area contributed by atoms with Crippen LogP contribution in [-0.2, 0) is 29.2 Å². The van der Waals surface area contributed by atoms with Crippen molar-refractivity contribution in [2.24, 2.45) is 4.99 Å². The van der Waals surface area contributed by atoms with E-state index in [9.17, 15) is 0 Å². The van der Waals surface area contributed by atoms with Gasteiger partial charge in [-0.15, -0.1) is 24.0 Å². The summed E-state index contributed by atoms with van der Waals surface area (Å²) in [4.78, 5) is 4.35. The second-order valence-electron chi connectivity index (χ2n) is 8.17. The first kappa shape index (κ1) is 26.4. The van der Waals surface area contributed by atoms with Gasteiger partial charge in [0.2, 0.25) is 0 Å². The van der Waals surface area contributed by atoms with Crippen molar-refractivity contribution < 1.29 is 14.2 Å². The van der Waals surface area contributed by atoms with Crippen LogP contribution in [0.1, 0.15) is 42.5 Å². The molecule has 3 rings (SSSR count). The third-order valence-corrected chi connectivity index (χ3v) is 5.14. The van der Waals surface area contributed by atoms with Gasteiger partial charge < -0.3 is 24.8 Å². The zero-order valence-electron chi connectivity index (χ0n) is 19.5. The minimum Gasteiger partial charge on any atom is -0.488 e. The molecule has 1 unspecified atom stereocenters. The van der Waals surface area contributed by atoms with Gasteiger partial charge in [0, 0.05) is 32.1 Å². The Bertz CT molecular complexity index is 850. The lowest BCUT2D eigenvalue weighted by molar-refractivity contribution is 0.0657. The summed E-state index contributed by atoms with van der Waals surface area (Å²) < 4.78 is 17.3. The maximum atomic E-state index is 6.19. The highest BCUT2D eigenvalue weighted by Crippen LogP contribution is 2.23. The molecule has 1 fully saturated rings. The number of aliphatic imine (C=N–C) groups is 1. The highest BCUT2D eigenvalue weighted by Gasteiger charge is 2.18. The van der Waals surface area contributed by atoms with Crippen molar-refractivity contribution in [2.45, 2.75) is 59.1 Å². The van der Waals surface area contributed by atoms with Crippen molar-refractivity contribution in [1.82, 2.24) is 10.6 Å². The molecule has 0 saturated carbocycles. The van der Waals surface area contributed by atoms with Gasteiger partial charge in [-0.2, -0.15) is 0 Å². The Labute approximate surface area is 209 Å². The van der Waals surface area contributed by atoms with E-state index in [0.717, 1.165) is 30.3 Å². The summed E-state index contributed by atoms with van der Waals surface area (Å²) >= 11 is 0. The quantitative estimate of drug-likeness (QED) is 0.271. The Morgan fingerprint density at radius 1 is 1.09 bits per heavy atom. The molecule has 2 N–H and O–H groups in total. The largest absolute Gasteiger partial charge is 0.488 e. The summed E-state index contributed by atoms with van der Waals surface area (Å²) in [6.07, 6.45) is 1.31. The standard InChI is InChI=1S/C25H35N3O3.HI/c1-18(2)30-16-21-8-6-20(7-9-21)14-27-25(26-4)28-15-22-10-5-19(3)13-24(22)31-23-11-12-29-17-23;/h5-10,13,18,23H,11-12,14-17H2,1-4H3,(H2,26,27,28);1H. The van der Waals surface area contributed by atoms with Gasteiger partial charge in [0.15, 0.2) is 5.96 Å². The summed E-state index contributed by atoms with van der Waals surface area (Å²) in [5.41, 5.74) is 4.66. The van der Waals surface area contributed by atoms with Crippen molar-refractivity contribution in [3.63, 3.8) is 0 Å². The Morgan fingerprint density at radius 3 is 2.47 bits per heavy atom. The molecule has 7 heteroatoms. The summed E-state index contributed by atoms with van der Waals surface area (Å²) in [7, 11) is 1.78. The zero-order chi connectivity index (χ0) is 22.1. The number of benzene rings is 2. The fraction of sp³-hybridized carbons (Fsp3) is 0.480. The minimum atomic E-state index is 0. The number of aryl methyl sites for hydroxylation is 1. The van der Waals surface area contributed by atoms with Gasteiger partial charge >= 0.3 is 0 Å². The molecule has 1 aliphatic rings. The highest BCUT2D eigenvalue weighted by molar-refractivity contribution is 14.0. The summed E-state index contributed by atoms with van der Waals surface area (Å²) in [6.45, 7) is 9.57. The first-order valence-corrected chi connectivity index (χ1v) is 11.0. The molecular formula is C25H36IN3O3. The van der Waals surface area contributed by atoms with Crippen LogP contribution < -0.4 is 15.4 Å². The van der Waals surface area contributed by atoms with Gasteiger partial charge in [-0.3, -0.25) is 4.99 Å². The maximum Gasteiger partial charge on any atom is 0.191 e. The lowest BCUT2D eigenvalue weighted by atomic mass is 10.1. The first-order chi connectivity index (χ1) is 15.0. The molecule has 2 aromatic rings. The third-order valence-electron chi connectivity index (χ3n) is 5.14. The number of nitrogens with one attached hydrogen (secondary N) is 2. The number of ether oxygens (including phenoxy) is 3. The van der Waals surface area contributed by atoms with E-state index in [1.165, 1.54) is 16.7 Å². The van der Waals surface area contributed by atoms with Crippen molar-refractivity contribution >= 4 is 29.9 Å². The van der Waals surface area contributed by atoms with E-state index >= 15 is 0 Å². The second kappa shape index (κ2) is 13.6. The van der Waals surface area contributed by atoms with Gasteiger partial charge in [-0.1, -0.05) is 36.4 Å². The molecule has 1 atom stereocenters. The van der Waals surface area contributed by atoms with Crippen LogP contribution in [0.25, 0.3) is 0 Å². The van der Waals surface area contributed by atoms with Gasteiger partial charge in [0.1, 0.15) is 11.9 Å². The lowest BCUT2D eigenvalue weighted by Crippen LogP contribution is -2.36. The Morgan fingerprint density at radius 2 is 1.81 bits per heavy atom. The molecule has 0 radical (unpaired) electrons. The average Bonchev–Trinajstić information content (AvgIpc) is 3.27. The van der Waals surface area contributed by atoms with E-state index in [-0.39, 0.29) is 36.2 Å². The first-order valence-electron chi connectivity index (χ1n) is 11.0. The predicted molar refractivity (Wildman–Crippen MR) is 140 cm³/mol. The molecule has 0 bridgehead atoms. The molecular weight excluding hydrogens is 517 g/mol. The maximum absolute atomic E-state index is 6.19. The summed E-state index contributed by atoms with van der Waals surface area (Å²) in [6, 6.07) is 14.8. The van der Waals surface area contributed by atoms with E-state index < -0.39 is 0 Å². The summed E-state index contributed by atoms with van der Waals surface area (Å²) in [5.74, 6) is 1.67. The Hall–Kier alpha value is -1.84. The van der Waals surface area contributed by atoms with Crippen molar-refractivity contribution in [1.29, 1.82) is 0 Å². The van der Waals surface area contributed by atoms with E-state index in [2.05, 4.69) is 65.0 Å². The fourth-order valence-electron chi connectivity index (χ4n) is 3.30. The van der Waals surface area contributed by atoms with Crippen LogP contribution in [-0.4, -0.2) is 38.4 Å². The molecule has 2 aromatic carbocycles. The fourth-order valence-corrected chi connectivity index (χ4v) is 3.30. The number of rotatable bonds is 9. The molecule has 1 saturated heterocycles.